The smallest absolute Gasteiger partial charge is 0.337 e. The lowest BCUT2D eigenvalue weighted by Crippen LogP contribution is -2.39. The number of nitrogens with one attached hydrogen (secondary N) is 1. The highest BCUT2D eigenvalue weighted by Crippen LogP contribution is 2.22. The van der Waals surface area contributed by atoms with Crippen molar-refractivity contribution in [2.24, 2.45) is 0 Å². The molecule has 0 atom stereocenters. The number of hydrogen-bond donors (Lipinski definition) is 2. The van der Waals surface area contributed by atoms with Gasteiger partial charge in [-0.15, -0.1) is 0 Å². The van der Waals surface area contributed by atoms with Gasteiger partial charge in [0.25, 0.3) is 5.91 Å². The molecule has 0 radical (unpaired) electrons. The second-order valence-corrected chi connectivity index (χ2v) is 5.08. The Morgan fingerprint density at radius 3 is 2.50 bits per heavy atom. The highest BCUT2D eigenvalue weighted by Gasteiger charge is 2.28. The van der Waals surface area contributed by atoms with Gasteiger partial charge in [0.15, 0.2) is 0 Å². The van der Waals surface area contributed by atoms with E-state index in [2.05, 4.69) is 21.2 Å². The average molecular weight is 316 g/mol. The first-order valence-electron chi connectivity index (χ1n) is 5.17. The van der Waals surface area contributed by atoms with Crippen molar-refractivity contribution in [1.29, 1.82) is 0 Å². The molecule has 0 aliphatic rings. The molecule has 18 heavy (non-hydrogen) atoms. The zero-order valence-corrected chi connectivity index (χ0v) is 11.9. The van der Waals surface area contributed by atoms with Gasteiger partial charge in [-0.2, -0.15) is 0 Å². The summed E-state index contributed by atoms with van der Waals surface area (Å²) in [6.45, 7) is 3.20. The molecule has 0 saturated carbocycles. The van der Waals surface area contributed by atoms with Gasteiger partial charge in [-0.1, -0.05) is 15.9 Å². The number of ether oxygens (including phenoxy) is 1. The minimum Gasteiger partial charge on any atom is -0.478 e. The lowest BCUT2D eigenvalue weighted by molar-refractivity contribution is -0.133. The second kappa shape index (κ2) is 5.49. The Balaban J connectivity index is 3.05. The first-order valence-corrected chi connectivity index (χ1v) is 5.96. The predicted molar refractivity (Wildman–Crippen MR) is 70.8 cm³/mol. The summed E-state index contributed by atoms with van der Waals surface area (Å²) in [7, 11) is 1.42. The van der Waals surface area contributed by atoms with Gasteiger partial charge in [0.05, 0.1) is 11.3 Å². The van der Waals surface area contributed by atoms with E-state index in [1.807, 2.05) is 0 Å². The van der Waals surface area contributed by atoms with Crippen molar-refractivity contribution < 1.29 is 19.4 Å². The maximum absolute atomic E-state index is 11.9. The normalized spacial score (nSPS) is 11.1. The highest BCUT2D eigenvalue weighted by molar-refractivity contribution is 9.10. The molecule has 0 aliphatic heterocycles. The fourth-order valence-electron chi connectivity index (χ4n) is 1.17. The molecule has 0 fully saturated rings. The SMILES string of the molecule is COC(C)(C)C(=O)Nc1ccc(Br)cc1C(=O)O. The number of hydrogen-bond acceptors (Lipinski definition) is 3. The van der Waals surface area contributed by atoms with Crippen LogP contribution < -0.4 is 5.32 Å². The van der Waals surface area contributed by atoms with Crippen LogP contribution in [0.4, 0.5) is 5.69 Å². The minimum atomic E-state index is -1.11. The van der Waals surface area contributed by atoms with Crippen LogP contribution in [0.25, 0.3) is 0 Å². The van der Waals surface area contributed by atoms with E-state index in [1.165, 1.54) is 19.2 Å². The van der Waals surface area contributed by atoms with E-state index in [-0.39, 0.29) is 11.3 Å². The molecule has 6 heteroatoms. The summed E-state index contributed by atoms with van der Waals surface area (Å²) in [5.41, 5.74) is -0.770. The summed E-state index contributed by atoms with van der Waals surface area (Å²) in [6.07, 6.45) is 0. The molecular formula is C12H14BrNO4. The van der Waals surface area contributed by atoms with Crippen molar-refractivity contribution in [3.05, 3.63) is 28.2 Å². The number of aromatic carboxylic acids is 1. The monoisotopic (exact) mass is 315 g/mol. The Bertz CT molecular complexity index is 485. The Labute approximate surface area is 113 Å². The number of carboxylic acids is 1. The maximum atomic E-state index is 11.9. The van der Waals surface area contributed by atoms with Crippen LogP contribution in [0.15, 0.2) is 22.7 Å². The van der Waals surface area contributed by atoms with E-state index in [4.69, 9.17) is 9.84 Å². The molecule has 1 amide bonds. The molecule has 1 aromatic carbocycles. The number of benzene rings is 1. The van der Waals surface area contributed by atoms with Crippen molar-refractivity contribution in [1.82, 2.24) is 0 Å². The zero-order chi connectivity index (χ0) is 13.9. The van der Waals surface area contributed by atoms with Crippen LogP contribution in [0, 0.1) is 0 Å². The third-order valence-electron chi connectivity index (χ3n) is 2.52. The van der Waals surface area contributed by atoms with Gasteiger partial charge in [0.1, 0.15) is 5.60 Å². The standard InChI is InChI=1S/C12H14BrNO4/c1-12(2,18-3)11(17)14-9-5-4-7(13)6-8(9)10(15)16/h4-6H,1-3H3,(H,14,17)(H,15,16). The van der Waals surface area contributed by atoms with Crippen LogP contribution in [0.1, 0.15) is 24.2 Å². The summed E-state index contributed by atoms with van der Waals surface area (Å²) in [6, 6.07) is 4.61. The van der Waals surface area contributed by atoms with Gasteiger partial charge in [-0.05, 0) is 32.0 Å². The molecule has 1 aromatic rings. The van der Waals surface area contributed by atoms with E-state index in [1.54, 1.807) is 19.9 Å². The third kappa shape index (κ3) is 3.30. The van der Waals surface area contributed by atoms with Gasteiger partial charge in [0, 0.05) is 11.6 Å². The van der Waals surface area contributed by atoms with E-state index >= 15 is 0 Å². The summed E-state index contributed by atoms with van der Waals surface area (Å²) in [4.78, 5) is 23.0. The van der Waals surface area contributed by atoms with Crippen molar-refractivity contribution in [2.45, 2.75) is 19.4 Å². The summed E-state index contributed by atoms with van der Waals surface area (Å²) >= 11 is 3.18. The third-order valence-corrected chi connectivity index (χ3v) is 3.01. The molecule has 1 rings (SSSR count). The van der Waals surface area contributed by atoms with Gasteiger partial charge < -0.3 is 15.2 Å². The zero-order valence-electron chi connectivity index (χ0n) is 10.3. The molecule has 0 saturated heterocycles. The van der Waals surface area contributed by atoms with Gasteiger partial charge in [0.2, 0.25) is 0 Å². The molecule has 98 valence electrons. The molecule has 2 N–H and O–H groups in total. The van der Waals surface area contributed by atoms with Crippen LogP contribution in [0.5, 0.6) is 0 Å². The Hall–Kier alpha value is -1.40. The lowest BCUT2D eigenvalue weighted by Gasteiger charge is -2.22. The topological polar surface area (TPSA) is 75.6 Å². The highest BCUT2D eigenvalue weighted by atomic mass is 79.9. The predicted octanol–water partition coefficient (Wildman–Crippen LogP) is 2.51. The number of carbonyl (C=O) groups excluding carboxylic acids is 1. The number of methoxy groups -OCH3 is 1. The Morgan fingerprint density at radius 1 is 1.39 bits per heavy atom. The molecule has 5 nitrogen and oxygen atoms in total. The number of carbonyl (C=O) groups is 2. The van der Waals surface area contributed by atoms with E-state index in [0.29, 0.717) is 4.47 Å². The quantitative estimate of drug-likeness (QED) is 0.895. The number of carboxylic acid groups (broad SMARTS) is 1. The van der Waals surface area contributed by atoms with Crippen molar-refractivity contribution >= 4 is 33.5 Å². The molecular weight excluding hydrogens is 302 g/mol. The largest absolute Gasteiger partial charge is 0.478 e. The van der Waals surface area contributed by atoms with E-state index in [0.717, 1.165) is 0 Å². The van der Waals surface area contributed by atoms with Crippen LogP contribution in [0.3, 0.4) is 0 Å². The molecule has 0 spiro atoms. The molecule has 0 unspecified atom stereocenters. The number of rotatable bonds is 4. The second-order valence-electron chi connectivity index (χ2n) is 4.16. The van der Waals surface area contributed by atoms with Gasteiger partial charge >= 0.3 is 5.97 Å². The Kier molecular flexibility index (Phi) is 4.48. The number of amides is 1. The van der Waals surface area contributed by atoms with Crippen molar-refractivity contribution in [2.75, 3.05) is 12.4 Å². The minimum absolute atomic E-state index is 0.0182. The summed E-state index contributed by atoms with van der Waals surface area (Å²) in [5, 5.41) is 11.6. The fraction of sp³-hybridized carbons (Fsp3) is 0.333. The average Bonchev–Trinajstić information content (AvgIpc) is 2.31. The van der Waals surface area contributed by atoms with Crippen LogP contribution >= 0.6 is 15.9 Å². The number of anilines is 1. The van der Waals surface area contributed by atoms with Crippen molar-refractivity contribution in [3.8, 4) is 0 Å². The maximum Gasteiger partial charge on any atom is 0.337 e. The summed E-state index contributed by atoms with van der Waals surface area (Å²) < 4.78 is 5.66. The molecule has 0 bridgehead atoms. The van der Waals surface area contributed by atoms with Crippen LogP contribution in [0.2, 0.25) is 0 Å². The molecule has 0 aromatic heterocycles. The first-order chi connectivity index (χ1) is 8.27. The van der Waals surface area contributed by atoms with Crippen molar-refractivity contribution in [3.63, 3.8) is 0 Å². The molecule has 0 heterocycles. The lowest BCUT2D eigenvalue weighted by atomic mass is 10.1. The number of halogens is 1. The van der Waals surface area contributed by atoms with Crippen LogP contribution in [-0.2, 0) is 9.53 Å². The van der Waals surface area contributed by atoms with Gasteiger partial charge in [-0.25, -0.2) is 4.79 Å². The first kappa shape index (κ1) is 14.7. The Morgan fingerprint density at radius 2 is 2.00 bits per heavy atom. The molecule has 0 aliphatic carbocycles. The van der Waals surface area contributed by atoms with E-state index in [9.17, 15) is 9.59 Å². The van der Waals surface area contributed by atoms with E-state index < -0.39 is 17.5 Å². The van der Waals surface area contributed by atoms with Gasteiger partial charge in [-0.3, -0.25) is 4.79 Å². The van der Waals surface area contributed by atoms with Crippen LogP contribution in [-0.4, -0.2) is 29.7 Å². The summed E-state index contributed by atoms with van der Waals surface area (Å²) in [5.74, 6) is -1.52. The fourth-order valence-corrected chi connectivity index (χ4v) is 1.53.